The predicted molar refractivity (Wildman–Crippen MR) is 107 cm³/mol. The van der Waals surface area contributed by atoms with Crippen molar-refractivity contribution in [1.82, 2.24) is 15.2 Å². The Morgan fingerprint density at radius 1 is 1.03 bits per heavy atom. The minimum atomic E-state index is -0.576. The van der Waals surface area contributed by atoms with Gasteiger partial charge in [0.15, 0.2) is 23.1 Å². The predicted octanol–water partition coefficient (Wildman–Crippen LogP) is 6.17. The van der Waals surface area contributed by atoms with Crippen molar-refractivity contribution >= 4 is 23.1 Å². The molecule has 0 saturated heterocycles. The topological polar surface area (TPSA) is 61.0 Å². The lowest BCUT2D eigenvalue weighted by Crippen LogP contribution is -1.92. The number of aryl methyl sites for hydroxylation is 2. The Morgan fingerprint density at radius 3 is 2.55 bits per heavy atom. The Labute approximate surface area is 173 Å². The van der Waals surface area contributed by atoms with Crippen LogP contribution in [-0.2, 0) is 5.75 Å². The summed E-state index contributed by atoms with van der Waals surface area (Å²) in [5.41, 5.74) is 1.55. The summed E-state index contributed by atoms with van der Waals surface area (Å²) < 4.78 is 39.0. The highest BCUT2D eigenvalue weighted by Crippen LogP contribution is 2.32. The van der Waals surface area contributed by atoms with Crippen LogP contribution in [0.25, 0.3) is 10.8 Å². The molecule has 0 saturated carbocycles. The summed E-state index contributed by atoms with van der Waals surface area (Å²) in [5.74, 6) is -0.339. The number of nitrogens with zero attached hydrogens (tertiary/aromatic N) is 3. The van der Waals surface area contributed by atoms with Crippen molar-refractivity contribution in [2.24, 2.45) is 0 Å². The normalized spacial score (nSPS) is 11.0. The summed E-state index contributed by atoms with van der Waals surface area (Å²) in [6.45, 7) is 3.81. The van der Waals surface area contributed by atoms with Crippen LogP contribution in [0.15, 0.2) is 52.1 Å². The molecular formula is C20H15F2N3O2S2. The molecular weight excluding hydrogens is 416 g/mol. The van der Waals surface area contributed by atoms with E-state index in [1.165, 1.54) is 47.4 Å². The van der Waals surface area contributed by atoms with Gasteiger partial charge in [0.1, 0.15) is 4.88 Å². The number of aromatic nitrogens is 3. The molecule has 9 heteroatoms. The van der Waals surface area contributed by atoms with Crippen LogP contribution in [0.4, 0.5) is 8.78 Å². The molecule has 0 unspecified atom stereocenters. The lowest BCUT2D eigenvalue weighted by molar-refractivity contribution is 0.414. The van der Waals surface area contributed by atoms with E-state index in [-0.39, 0.29) is 11.5 Å². The summed E-state index contributed by atoms with van der Waals surface area (Å²) in [4.78, 5) is 5.20. The van der Waals surface area contributed by atoms with E-state index in [2.05, 4.69) is 15.2 Å². The van der Waals surface area contributed by atoms with Crippen LogP contribution >= 0.6 is 23.1 Å². The average Bonchev–Trinajstić information content (AvgIpc) is 3.29. The van der Waals surface area contributed by atoms with Crippen molar-refractivity contribution in [1.29, 1.82) is 0 Å². The number of hydrogen-bond acceptors (Lipinski definition) is 7. The molecule has 0 aliphatic heterocycles. The largest absolute Gasteiger partial charge is 0.451 e. The van der Waals surface area contributed by atoms with Gasteiger partial charge in [-0.25, -0.2) is 13.8 Å². The van der Waals surface area contributed by atoms with E-state index in [0.717, 1.165) is 15.6 Å². The fraction of sp³-hybridized carbons (Fsp3) is 0.150. The van der Waals surface area contributed by atoms with Gasteiger partial charge in [0.05, 0.1) is 10.7 Å². The van der Waals surface area contributed by atoms with Crippen molar-refractivity contribution in [3.05, 3.63) is 70.4 Å². The summed E-state index contributed by atoms with van der Waals surface area (Å²) in [6, 6.07) is 10.4. The van der Waals surface area contributed by atoms with Crippen LogP contribution in [0.1, 0.15) is 16.3 Å². The molecule has 0 aliphatic carbocycles. The smallest absolute Gasteiger partial charge is 0.277 e. The summed E-state index contributed by atoms with van der Waals surface area (Å²) >= 11 is 2.79. The molecule has 0 atom stereocenters. The molecule has 2 aromatic carbocycles. The molecule has 0 fully saturated rings. The molecule has 0 radical (unpaired) electrons. The third-order valence-electron chi connectivity index (χ3n) is 3.92. The maximum absolute atomic E-state index is 14.4. The minimum Gasteiger partial charge on any atom is -0.451 e. The van der Waals surface area contributed by atoms with Crippen molar-refractivity contribution in [3.8, 4) is 22.3 Å². The molecule has 4 rings (SSSR count). The molecule has 4 aromatic rings. The third-order valence-corrected chi connectivity index (χ3v) is 5.87. The number of benzene rings is 2. The second-order valence-electron chi connectivity index (χ2n) is 6.11. The first-order valence-corrected chi connectivity index (χ1v) is 10.4. The Morgan fingerprint density at radius 2 is 1.83 bits per heavy atom. The fourth-order valence-electron chi connectivity index (χ4n) is 2.60. The first kappa shape index (κ1) is 19.5. The Balaban J connectivity index is 1.42. The zero-order chi connectivity index (χ0) is 20.4. The van der Waals surface area contributed by atoms with Gasteiger partial charge >= 0.3 is 0 Å². The van der Waals surface area contributed by atoms with Gasteiger partial charge in [0, 0.05) is 5.75 Å². The minimum absolute atomic E-state index is 0.0273. The third kappa shape index (κ3) is 4.46. The van der Waals surface area contributed by atoms with Gasteiger partial charge in [-0.05, 0) is 43.7 Å². The highest BCUT2D eigenvalue weighted by Gasteiger charge is 2.16. The van der Waals surface area contributed by atoms with Gasteiger partial charge in [-0.15, -0.1) is 21.5 Å². The molecule has 0 spiro atoms. The fourth-order valence-corrected chi connectivity index (χ4v) is 4.14. The number of thioether (sulfide) groups is 1. The molecule has 0 bridgehead atoms. The van der Waals surface area contributed by atoms with E-state index in [1.807, 2.05) is 13.8 Å². The molecule has 2 heterocycles. The van der Waals surface area contributed by atoms with Crippen LogP contribution in [0, 0.1) is 25.5 Å². The van der Waals surface area contributed by atoms with Crippen molar-refractivity contribution in [2.45, 2.75) is 24.8 Å². The molecule has 29 heavy (non-hydrogen) atoms. The Kier molecular flexibility index (Phi) is 5.59. The summed E-state index contributed by atoms with van der Waals surface area (Å²) in [6.07, 6.45) is 0. The molecule has 5 nitrogen and oxygen atoms in total. The van der Waals surface area contributed by atoms with E-state index in [0.29, 0.717) is 22.4 Å². The van der Waals surface area contributed by atoms with E-state index < -0.39 is 11.6 Å². The maximum Gasteiger partial charge on any atom is 0.277 e. The zero-order valence-electron chi connectivity index (χ0n) is 15.5. The van der Waals surface area contributed by atoms with Crippen molar-refractivity contribution in [2.75, 3.05) is 0 Å². The number of ether oxygens (including phenoxy) is 1. The highest BCUT2D eigenvalue weighted by molar-refractivity contribution is 7.98. The average molecular weight is 431 g/mol. The monoisotopic (exact) mass is 431 g/mol. The van der Waals surface area contributed by atoms with Crippen LogP contribution in [-0.4, -0.2) is 15.2 Å². The van der Waals surface area contributed by atoms with Crippen LogP contribution in [0.5, 0.6) is 11.5 Å². The van der Waals surface area contributed by atoms with Gasteiger partial charge in [0.25, 0.3) is 11.1 Å². The lowest BCUT2D eigenvalue weighted by Gasteiger charge is -2.08. The number of halogens is 2. The summed E-state index contributed by atoms with van der Waals surface area (Å²) in [5, 5.41) is 9.41. The molecule has 148 valence electrons. The van der Waals surface area contributed by atoms with Crippen molar-refractivity contribution in [3.63, 3.8) is 0 Å². The summed E-state index contributed by atoms with van der Waals surface area (Å²) in [7, 11) is 0. The molecule has 0 N–H and O–H groups in total. The number of para-hydroxylation sites is 1. The van der Waals surface area contributed by atoms with E-state index in [4.69, 9.17) is 9.15 Å². The first-order valence-electron chi connectivity index (χ1n) is 8.61. The van der Waals surface area contributed by atoms with Crippen molar-refractivity contribution < 1.29 is 17.9 Å². The van der Waals surface area contributed by atoms with Crippen LogP contribution in [0.2, 0.25) is 0 Å². The second-order valence-corrected chi connectivity index (χ2v) is 8.24. The van der Waals surface area contributed by atoms with Gasteiger partial charge in [0.2, 0.25) is 0 Å². The quantitative estimate of drug-likeness (QED) is 0.340. The Bertz CT molecular complexity index is 1160. The van der Waals surface area contributed by atoms with Crippen LogP contribution in [0.3, 0.4) is 0 Å². The van der Waals surface area contributed by atoms with Gasteiger partial charge in [-0.2, -0.15) is 0 Å². The molecule has 2 aromatic heterocycles. The standard InChI is InChI=1S/C20H15F2N3O2S2/c1-11-18(29-12(2)23-11)19-24-25-20(27-19)28-10-13-7-8-17(15(22)9-13)26-16-6-4-3-5-14(16)21/h3-9H,10H2,1-2H3. The molecule has 0 amide bonds. The molecule has 0 aliphatic rings. The van der Waals surface area contributed by atoms with E-state index >= 15 is 0 Å². The Hall–Kier alpha value is -2.78. The highest BCUT2D eigenvalue weighted by atomic mass is 32.2. The van der Waals surface area contributed by atoms with E-state index in [1.54, 1.807) is 18.2 Å². The number of thiazole rings is 1. The first-order chi connectivity index (χ1) is 14.0. The van der Waals surface area contributed by atoms with Gasteiger partial charge in [-0.3, -0.25) is 0 Å². The van der Waals surface area contributed by atoms with Gasteiger partial charge in [-0.1, -0.05) is 30.0 Å². The zero-order valence-corrected chi connectivity index (χ0v) is 17.1. The van der Waals surface area contributed by atoms with E-state index in [9.17, 15) is 8.78 Å². The maximum atomic E-state index is 14.4. The van der Waals surface area contributed by atoms with Crippen LogP contribution < -0.4 is 4.74 Å². The lowest BCUT2D eigenvalue weighted by atomic mass is 10.2. The van der Waals surface area contributed by atoms with Gasteiger partial charge < -0.3 is 9.15 Å². The SMILES string of the molecule is Cc1nc(C)c(-c2nnc(SCc3ccc(Oc4ccccc4F)c(F)c3)o2)s1. The number of hydrogen-bond donors (Lipinski definition) is 0. The second kappa shape index (κ2) is 8.30. The number of rotatable bonds is 6.